The number of halogens is 2. The number of aromatic nitrogens is 3. The normalized spacial score (nSPS) is 10.9. The van der Waals surface area contributed by atoms with Crippen molar-refractivity contribution in [3.05, 3.63) is 53.2 Å². The number of hydrogen-bond donors (Lipinski definition) is 4. The number of phenolic OH excluding ortho intramolecular Hbond substituents is 1. The summed E-state index contributed by atoms with van der Waals surface area (Å²) >= 11 is 6.37. The summed E-state index contributed by atoms with van der Waals surface area (Å²) in [5, 5.41) is 19.1. The highest BCUT2D eigenvalue weighted by molar-refractivity contribution is 9.11. The molecule has 126 valence electrons. The van der Waals surface area contributed by atoms with Crippen LogP contribution in [0.5, 0.6) is 5.75 Å². The fourth-order valence-corrected chi connectivity index (χ4v) is 2.89. The average Bonchev–Trinajstić information content (AvgIpc) is 2.51. The molecule has 0 aliphatic rings. The maximum absolute atomic E-state index is 11.7. The Morgan fingerprint density at radius 3 is 2.62 bits per heavy atom. The van der Waals surface area contributed by atoms with Gasteiger partial charge in [0.1, 0.15) is 11.4 Å². The number of aromatic amines is 2. The number of benzene rings is 1. The summed E-state index contributed by atoms with van der Waals surface area (Å²) < 4.78 is 0.959. The van der Waals surface area contributed by atoms with Gasteiger partial charge in [-0.05, 0) is 49.6 Å². The van der Waals surface area contributed by atoms with E-state index in [1.54, 1.807) is 12.1 Å². The Balaban J connectivity index is 1.91. The molecule has 2 rings (SSSR count). The maximum Gasteiger partial charge on any atom is 0.342 e. The van der Waals surface area contributed by atoms with Crippen molar-refractivity contribution in [3.8, 4) is 5.75 Å². The first kappa shape index (κ1) is 18.1. The number of aryl methyl sites for hydroxylation is 1. The second kappa shape index (κ2) is 8.02. The molecule has 0 saturated heterocycles. The number of hydrogen-bond acceptors (Lipinski definition) is 6. The van der Waals surface area contributed by atoms with Crippen molar-refractivity contribution in [2.45, 2.75) is 12.8 Å². The van der Waals surface area contributed by atoms with Gasteiger partial charge >= 0.3 is 5.69 Å². The highest BCUT2D eigenvalue weighted by Crippen LogP contribution is 2.32. The van der Waals surface area contributed by atoms with Crippen molar-refractivity contribution in [2.24, 2.45) is 5.10 Å². The van der Waals surface area contributed by atoms with Gasteiger partial charge in [0.15, 0.2) is 0 Å². The minimum Gasteiger partial charge on any atom is -0.506 e. The van der Waals surface area contributed by atoms with E-state index in [1.165, 1.54) is 6.21 Å². The zero-order chi connectivity index (χ0) is 17.7. The molecular weight excluding hydrogens is 450 g/mol. The van der Waals surface area contributed by atoms with Gasteiger partial charge in [-0.25, -0.2) is 15.3 Å². The lowest BCUT2D eigenvalue weighted by Gasteiger charge is -2.02. The molecule has 2 aromatic rings. The minimum absolute atomic E-state index is 0.0254. The Hall–Kier alpha value is -2.27. The number of nitrogens with zero attached hydrogens (tertiary/aromatic N) is 2. The topological polar surface area (TPSA) is 140 Å². The van der Waals surface area contributed by atoms with Crippen molar-refractivity contribution in [1.82, 2.24) is 20.6 Å². The van der Waals surface area contributed by atoms with Crippen molar-refractivity contribution in [2.75, 3.05) is 0 Å². The smallest absolute Gasteiger partial charge is 0.342 e. The number of hydrazone groups is 1. The molecule has 1 aromatic carbocycles. The fraction of sp³-hybridized carbons (Fsp3) is 0.154. The van der Waals surface area contributed by atoms with Crippen LogP contribution < -0.4 is 16.7 Å². The molecule has 0 bridgehead atoms. The zero-order valence-corrected chi connectivity index (χ0v) is 15.1. The lowest BCUT2D eigenvalue weighted by atomic mass is 10.2. The van der Waals surface area contributed by atoms with Crippen molar-refractivity contribution >= 4 is 44.0 Å². The first-order valence-electron chi connectivity index (χ1n) is 6.54. The number of carbonyl (C=O) groups excluding carboxylic acids is 1. The molecule has 0 spiro atoms. The second-order valence-electron chi connectivity index (χ2n) is 4.58. The van der Waals surface area contributed by atoms with E-state index in [0.717, 1.165) is 0 Å². The van der Waals surface area contributed by atoms with Gasteiger partial charge in [0.25, 0.3) is 5.56 Å². The van der Waals surface area contributed by atoms with Gasteiger partial charge in [-0.2, -0.15) is 10.2 Å². The SMILES string of the molecule is O=C(CCc1n[nH]c(=O)[nH]c1=O)N/N=C\c1cc(Br)c(O)c(Br)c1. The van der Waals surface area contributed by atoms with Crippen LogP contribution in [0.1, 0.15) is 17.7 Å². The minimum atomic E-state index is -0.705. The lowest BCUT2D eigenvalue weighted by Crippen LogP contribution is -2.28. The Morgan fingerprint density at radius 1 is 1.33 bits per heavy atom. The molecule has 0 atom stereocenters. The molecule has 9 nitrogen and oxygen atoms in total. The summed E-state index contributed by atoms with van der Waals surface area (Å²) in [6.07, 6.45) is 1.43. The van der Waals surface area contributed by atoms with Crippen LogP contribution in [0, 0.1) is 0 Å². The van der Waals surface area contributed by atoms with Crippen molar-refractivity contribution in [3.63, 3.8) is 0 Å². The molecule has 0 unspecified atom stereocenters. The fourth-order valence-electron chi connectivity index (χ4n) is 1.67. The van der Waals surface area contributed by atoms with Crippen molar-refractivity contribution < 1.29 is 9.90 Å². The van der Waals surface area contributed by atoms with Gasteiger partial charge < -0.3 is 5.11 Å². The molecule has 24 heavy (non-hydrogen) atoms. The third-order valence-corrected chi connectivity index (χ3v) is 4.02. The van der Waals surface area contributed by atoms with E-state index < -0.39 is 17.2 Å². The zero-order valence-electron chi connectivity index (χ0n) is 12.0. The number of nitrogens with one attached hydrogen (secondary N) is 3. The second-order valence-corrected chi connectivity index (χ2v) is 6.29. The van der Waals surface area contributed by atoms with Crippen LogP contribution in [0.25, 0.3) is 0 Å². The van der Waals surface area contributed by atoms with E-state index in [9.17, 15) is 19.5 Å². The monoisotopic (exact) mass is 459 g/mol. The number of H-pyrrole nitrogens is 2. The molecule has 0 saturated carbocycles. The molecule has 11 heteroatoms. The molecule has 1 heterocycles. The Morgan fingerprint density at radius 2 is 2.00 bits per heavy atom. The first-order chi connectivity index (χ1) is 11.4. The highest BCUT2D eigenvalue weighted by atomic mass is 79.9. The molecule has 0 radical (unpaired) electrons. The molecule has 0 aliphatic carbocycles. The van der Waals surface area contributed by atoms with Crippen LogP contribution in [0.15, 0.2) is 35.8 Å². The quantitative estimate of drug-likeness (QED) is 0.385. The van der Waals surface area contributed by atoms with Crippen LogP contribution in [0.3, 0.4) is 0 Å². The van der Waals surface area contributed by atoms with Crippen LogP contribution in [0.2, 0.25) is 0 Å². The van der Waals surface area contributed by atoms with Crippen LogP contribution in [-0.4, -0.2) is 32.4 Å². The maximum atomic E-state index is 11.7. The number of rotatable bonds is 5. The van der Waals surface area contributed by atoms with Crippen LogP contribution in [-0.2, 0) is 11.2 Å². The molecule has 1 aromatic heterocycles. The highest BCUT2D eigenvalue weighted by Gasteiger charge is 2.07. The van der Waals surface area contributed by atoms with E-state index in [1.807, 2.05) is 4.98 Å². The lowest BCUT2D eigenvalue weighted by molar-refractivity contribution is -0.121. The number of amides is 1. The summed E-state index contributed by atoms with van der Waals surface area (Å²) in [6, 6.07) is 3.25. The molecular formula is C13H11Br2N5O4. The number of phenols is 1. The summed E-state index contributed by atoms with van der Waals surface area (Å²) in [6.45, 7) is 0. The predicted molar refractivity (Wildman–Crippen MR) is 93.0 cm³/mol. The largest absolute Gasteiger partial charge is 0.506 e. The van der Waals surface area contributed by atoms with E-state index in [4.69, 9.17) is 0 Å². The summed E-state index contributed by atoms with van der Waals surface area (Å²) in [5.74, 6) is -0.356. The van der Waals surface area contributed by atoms with E-state index >= 15 is 0 Å². The van der Waals surface area contributed by atoms with Gasteiger partial charge in [-0.1, -0.05) is 0 Å². The number of aromatic hydroxyl groups is 1. The van der Waals surface area contributed by atoms with Crippen LogP contribution in [0.4, 0.5) is 0 Å². The van der Waals surface area contributed by atoms with Gasteiger partial charge in [0.05, 0.1) is 15.2 Å². The average molecular weight is 461 g/mol. The van der Waals surface area contributed by atoms with E-state index in [-0.39, 0.29) is 24.3 Å². The molecule has 1 amide bonds. The summed E-state index contributed by atoms with van der Waals surface area (Å²) in [5.41, 5.74) is 1.68. The molecule has 4 N–H and O–H groups in total. The molecule has 0 aliphatic heterocycles. The summed E-state index contributed by atoms with van der Waals surface area (Å²) in [7, 11) is 0. The van der Waals surface area contributed by atoms with Gasteiger partial charge in [-0.3, -0.25) is 14.6 Å². The third kappa shape index (κ3) is 4.86. The Bertz CT molecular complexity index is 883. The standard InChI is InChI=1S/C13H11Br2N5O4/c14-7-3-6(4-8(15)11(7)22)5-16-19-10(21)2-1-9-12(23)17-13(24)20-18-9/h3-5,22H,1-2H2,(H,19,21)(H2,17,20,23,24)/b16-5-. The first-order valence-corrected chi connectivity index (χ1v) is 8.13. The Kier molecular flexibility index (Phi) is 6.04. The predicted octanol–water partition coefficient (Wildman–Crippen LogP) is 0.772. The Labute approximate surface area is 151 Å². The van der Waals surface area contributed by atoms with Gasteiger partial charge in [-0.15, -0.1) is 0 Å². The molecule has 0 fully saturated rings. The van der Waals surface area contributed by atoms with Crippen molar-refractivity contribution in [1.29, 1.82) is 0 Å². The van der Waals surface area contributed by atoms with E-state index in [0.29, 0.717) is 14.5 Å². The van der Waals surface area contributed by atoms with Crippen LogP contribution >= 0.6 is 31.9 Å². The number of carbonyl (C=O) groups is 1. The van der Waals surface area contributed by atoms with Gasteiger partial charge in [0.2, 0.25) is 5.91 Å². The van der Waals surface area contributed by atoms with E-state index in [2.05, 4.69) is 52.6 Å². The third-order valence-electron chi connectivity index (χ3n) is 2.81. The summed E-state index contributed by atoms with van der Waals surface area (Å²) in [4.78, 5) is 35.9. The van der Waals surface area contributed by atoms with Gasteiger partial charge in [0, 0.05) is 12.8 Å².